The van der Waals surface area contributed by atoms with Gasteiger partial charge in [0, 0.05) is 36.3 Å². The molecule has 2 aromatic rings. The number of nitrogens with two attached hydrogens (primary N) is 1. The van der Waals surface area contributed by atoms with E-state index in [1.807, 2.05) is 42.5 Å². The molecule has 1 amide bonds. The van der Waals surface area contributed by atoms with Gasteiger partial charge in [-0.1, -0.05) is 48.5 Å². The van der Waals surface area contributed by atoms with Crippen molar-refractivity contribution >= 4 is 29.2 Å². The van der Waals surface area contributed by atoms with E-state index in [2.05, 4.69) is 15.3 Å². The van der Waals surface area contributed by atoms with E-state index in [0.717, 1.165) is 11.6 Å². The number of nitrogens with one attached hydrogen (secondary N) is 2. The Morgan fingerprint density at radius 2 is 1.87 bits per heavy atom. The molecule has 0 aromatic heterocycles. The van der Waals surface area contributed by atoms with Crippen LogP contribution in [-0.2, 0) is 14.3 Å². The SMILES string of the molecule is N=C(OC(N)=NC1N=C(c2ccccc2)c2ccccc2NC1=O)C1=C(N2CCOCC2)CC(F)C=C1F. The quantitative estimate of drug-likeness (QED) is 0.422. The lowest BCUT2D eigenvalue weighted by Gasteiger charge is -2.34. The number of anilines is 1. The fourth-order valence-corrected chi connectivity index (χ4v) is 4.55. The van der Waals surface area contributed by atoms with Crippen molar-refractivity contribution in [1.29, 1.82) is 5.41 Å². The molecule has 1 aliphatic carbocycles. The molecular formula is C27H26F2N6O3. The number of carbonyl (C=O) groups excluding carboxylic acids is 1. The highest BCUT2D eigenvalue weighted by Crippen LogP contribution is 2.32. The van der Waals surface area contributed by atoms with Crippen molar-refractivity contribution < 1.29 is 23.0 Å². The number of morpholine rings is 1. The van der Waals surface area contributed by atoms with Crippen LogP contribution in [0.2, 0.25) is 0 Å². The molecule has 2 atom stereocenters. The fraction of sp³-hybridized carbons (Fsp3) is 0.259. The zero-order valence-corrected chi connectivity index (χ0v) is 20.4. The van der Waals surface area contributed by atoms with E-state index in [1.54, 1.807) is 17.0 Å². The van der Waals surface area contributed by atoms with Crippen LogP contribution in [0.1, 0.15) is 17.5 Å². The topological polar surface area (TPSA) is 125 Å². The van der Waals surface area contributed by atoms with Gasteiger partial charge in [-0.2, -0.15) is 4.99 Å². The second kappa shape index (κ2) is 10.9. The van der Waals surface area contributed by atoms with Crippen LogP contribution < -0.4 is 11.1 Å². The maximum atomic E-state index is 14.9. The summed E-state index contributed by atoms with van der Waals surface area (Å²) in [6.45, 7) is 1.65. The predicted molar refractivity (Wildman–Crippen MR) is 139 cm³/mol. The van der Waals surface area contributed by atoms with Crippen LogP contribution in [0.15, 0.2) is 87.8 Å². The maximum Gasteiger partial charge on any atom is 0.291 e. The van der Waals surface area contributed by atoms with Crippen LogP contribution >= 0.6 is 0 Å². The lowest BCUT2D eigenvalue weighted by atomic mass is 9.99. The Hall–Kier alpha value is -4.38. The van der Waals surface area contributed by atoms with E-state index in [4.69, 9.17) is 20.6 Å². The first kappa shape index (κ1) is 25.3. The lowest BCUT2D eigenvalue weighted by Crippen LogP contribution is -2.39. The van der Waals surface area contributed by atoms with E-state index in [1.165, 1.54) is 0 Å². The third-order valence-corrected chi connectivity index (χ3v) is 6.29. The summed E-state index contributed by atoms with van der Waals surface area (Å²) in [7, 11) is 0. The molecule has 196 valence electrons. The van der Waals surface area contributed by atoms with Gasteiger partial charge in [-0.05, 0) is 12.1 Å². The van der Waals surface area contributed by atoms with Crippen molar-refractivity contribution in [2.24, 2.45) is 15.7 Å². The smallest absolute Gasteiger partial charge is 0.291 e. The Labute approximate surface area is 217 Å². The molecule has 0 radical (unpaired) electrons. The number of allylic oxidation sites excluding steroid dienone is 2. The number of halogens is 2. The van der Waals surface area contributed by atoms with Crippen molar-refractivity contribution in [1.82, 2.24) is 4.90 Å². The first-order chi connectivity index (χ1) is 18.4. The van der Waals surface area contributed by atoms with E-state index in [9.17, 15) is 13.6 Å². The molecule has 11 heteroatoms. The normalized spacial score (nSPS) is 22.1. The molecule has 5 rings (SSSR count). The molecule has 2 aromatic carbocycles. The molecule has 0 saturated carbocycles. The highest BCUT2D eigenvalue weighted by Gasteiger charge is 2.31. The van der Waals surface area contributed by atoms with E-state index < -0.39 is 36.0 Å². The number of rotatable bonds is 4. The van der Waals surface area contributed by atoms with E-state index >= 15 is 0 Å². The number of benzene rings is 2. The van der Waals surface area contributed by atoms with Crippen molar-refractivity contribution in [2.75, 3.05) is 31.6 Å². The van der Waals surface area contributed by atoms with Gasteiger partial charge in [0.2, 0.25) is 12.1 Å². The number of carbonyl (C=O) groups is 1. The molecule has 1 fully saturated rings. The Kier molecular flexibility index (Phi) is 7.27. The second-order valence-corrected chi connectivity index (χ2v) is 8.81. The monoisotopic (exact) mass is 520 g/mol. The van der Waals surface area contributed by atoms with Crippen molar-refractivity contribution in [3.05, 3.63) is 88.9 Å². The number of alkyl halides is 1. The number of hydrogen-bond acceptors (Lipinski definition) is 7. The summed E-state index contributed by atoms with van der Waals surface area (Å²) < 4.78 is 39.8. The number of hydrogen-bond donors (Lipinski definition) is 3. The van der Waals surface area contributed by atoms with Gasteiger partial charge in [0.25, 0.3) is 11.9 Å². The number of amidine groups is 1. The molecule has 9 nitrogen and oxygen atoms in total. The van der Waals surface area contributed by atoms with Gasteiger partial charge >= 0.3 is 0 Å². The Balaban J connectivity index is 1.45. The number of ether oxygens (including phenoxy) is 2. The Bertz CT molecular complexity index is 1370. The summed E-state index contributed by atoms with van der Waals surface area (Å²) >= 11 is 0. The number of benzodiazepines with no additional fused rings is 1. The number of aliphatic imine (C=N–C) groups is 2. The van der Waals surface area contributed by atoms with Gasteiger partial charge in [0.05, 0.1) is 30.2 Å². The minimum Gasteiger partial charge on any atom is -0.407 e. The largest absolute Gasteiger partial charge is 0.407 e. The third-order valence-electron chi connectivity index (χ3n) is 6.29. The first-order valence-corrected chi connectivity index (χ1v) is 12.1. The molecular weight excluding hydrogens is 494 g/mol. The Morgan fingerprint density at radius 3 is 2.63 bits per heavy atom. The van der Waals surface area contributed by atoms with Crippen molar-refractivity contribution in [3.63, 3.8) is 0 Å². The summed E-state index contributed by atoms with van der Waals surface area (Å²) in [4.78, 5) is 23.4. The average molecular weight is 521 g/mol. The van der Waals surface area contributed by atoms with Crippen molar-refractivity contribution in [3.8, 4) is 0 Å². The Morgan fingerprint density at radius 1 is 1.16 bits per heavy atom. The highest BCUT2D eigenvalue weighted by molar-refractivity contribution is 6.19. The van der Waals surface area contributed by atoms with Gasteiger partial charge in [-0.25, -0.2) is 13.8 Å². The molecule has 2 heterocycles. The standard InChI is InChI=1S/C27H26F2N6O3/c28-17-14-19(29)22(21(15-17)35-10-12-37-13-11-35)24(30)38-27(31)34-25-26(36)32-20-9-5-4-8-18(20)23(33-25)16-6-2-1-3-7-16/h1-9,14,17,25,30H,10-13,15H2,(H2,31,34)(H,32,36). The van der Waals surface area contributed by atoms with Crippen LogP contribution in [0.4, 0.5) is 14.5 Å². The minimum atomic E-state index is -1.53. The summed E-state index contributed by atoms with van der Waals surface area (Å²) in [6, 6.07) is 15.9. The van der Waals surface area contributed by atoms with Gasteiger partial charge in [0.1, 0.15) is 12.0 Å². The van der Waals surface area contributed by atoms with Crippen LogP contribution in [-0.4, -0.2) is 67.1 Å². The van der Waals surface area contributed by atoms with Crippen LogP contribution in [0.25, 0.3) is 0 Å². The average Bonchev–Trinajstić information content (AvgIpc) is 3.05. The van der Waals surface area contributed by atoms with E-state index in [0.29, 0.717) is 49.0 Å². The first-order valence-electron chi connectivity index (χ1n) is 12.1. The number of para-hydroxylation sites is 1. The maximum absolute atomic E-state index is 14.9. The lowest BCUT2D eigenvalue weighted by molar-refractivity contribution is -0.117. The van der Waals surface area contributed by atoms with Gasteiger partial charge in [-0.15, -0.1) is 0 Å². The summed E-state index contributed by atoms with van der Waals surface area (Å²) in [5.74, 6) is -2.12. The predicted octanol–water partition coefficient (Wildman–Crippen LogP) is 3.29. The molecule has 0 spiro atoms. The summed E-state index contributed by atoms with van der Waals surface area (Å²) in [6.07, 6.45) is -2.17. The highest BCUT2D eigenvalue weighted by atomic mass is 19.1. The number of fused-ring (bicyclic) bond motifs is 1. The summed E-state index contributed by atoms with van der Waals surface area (Å²) in [5.41, 5.74) is 8.61. The molecule has 4 N–H and O–H groups in total. The second-order valence-electron chi connectivity index (χ2n) is 8.81. The van der Waals surface area contributed by atoms with E-state index in [-0.39, 0.29) is 12.0 Å². The zero-order chi connectivity index (χ0) is 26.6. The third kappa shape index (κ3) is 5.32. The summed E-state index contributed by atoms with van der Waals surface area (Å²) in [5, 5.41) is 11.2. The molecule has 2 unspecified atom stereocenters. The fourth-order valence-electron chi connectivity index (χ4n) is 4.55. The van der Waals surface area contributed by atoms with Crippen LogP contribution in [0.3, 0.4) is 0 Å². The molecule has 2 aliphatic heterocycles. The number of amides is 1. The zero-order valence-electron chi connectivity index (χ0n) is 20.4. The molecule has 3 aliphatic rings. The van der Waals surface area contributed by atoms with Gasteiger partial charge in [-0.3, -0.25) is 10.2 Å². The molecule has 0 bridgehead atoms. The molecule has 38 heavy (non-hydrogen) atoms. The van der Waals surface area contributed by atoms with Crippen LogP contribution in [0, 0.1) is 5.41 Å². The molecule has 1 saturated heterocycles. The minimum absolute atomic E-state index is 0.112. The van der Waals surface area contributed by atoms with Crippen molar-refractivity contribution in [2.45, 2.75) is 18.8 Å². The van der Waals surface area contributed by atoms with Gasteiger partial charge in [0.15, 0.2) is 0 Å². The number of nitrogens with zero attached hydrogens (tertiary/aromatic N) is 3. The van der Waals surface area contributed by atoms with Crippen LogP contribution in [0.5, 0.6) is 0 Å². The van der Waals surface area contributed by atoms with Gasteiger partial charge < -0.3 is 25.4 Å².